The smallest absolute Gasteiger partial charge is 0.0762 e. The fourth-order valence-electron chi connectivity index (χ4n) is 3.25. The van der Waals surface area contributed by atoms with Gasteiger partial charge >= 0.3 is 0 Å². The third-order valence-corrected chi connectivity index (χ3v) is 4.55. The van der Waals surface area contributed by atoms with Gasteiger partial charge in [0.2, 0.25) is 0 Å². The number of rotatable bonds is 9. The van der Waals surface area contributed by atoms with Crippen LogP contribution in [0.5, 0.6) is 0 Å². The molecule has 1 aromatic rings. The zero-order valence-corrected chi connectivity index (χ0v) is 14.0. The van der Waals surface area contributed by atoms with Gasteiger partial charge in [-0.25, -0.2) is 0 Å². The standard InChI is InChI=1S/C17H32N4/c1-4-17(5-2)21-11-8-16(19-21)13-18-12-15(3)14-20-9-6-7-10-20/h8,11,15,17-18H,4-7,9-10,12-14H2,1-3H3. The van der Waals surface area contributed by atoms with E-state index in [1.54, 1.807) is 0 Å². The van der Waals surface area contributed by atoms with E-state index in [2.05, 4.69) is 47.9 Å². The Hall–Kier alpha value is -0.870. The molecular formula is C17H32N4. The average Bonchev–Trinajstić information content (AvgIpc) is 3.12. The summed E-state index contributed by atoms with van der Waals surface area (Å²) in [5.74, 6) is 0.712. The van der Waals surface area contributed by atoms with Crippen LogP contribution in [-0.2, 0) is 6.54 Å². The molecule has 2 rings (SSSR count). The maximum absolute atomic E-state index is 4.70. The SMILES string of the molecule is CCC(CC)n1ccc(CNCC(C)CN2CCCC2)n1. The van der Waals surface area contributed by atoms with Gasteiger partial charge in [0.25, 0.3) is 0 Å². The van der Waals surface area contributed by atoms with Gasteiger partial charge < -0.3 is 10.2 Å². The molecule has 21 heavy (non-hydrogen) atoms. The molecular weight excluding hydrogens is 260 g/mol. The van der Waals surface area contributed by atoms with Gasteiger partial charge in [-0.2, -0.15) is 5.10 Å². The number of nitrogens with one attached hydrogen (secondary N) is 1. The van der Waals surface area contributed by atoms with Gasteiger partial charge in [0.1, 0.15) is 0 Å². The van der Waals surface area contributed by atoms with Gasteiger partial charge in [-0.05, 0) is 57.3 Å². The minimum atomic E-state index is 0.549. The van der Waals surface area contributed by atoms with Crippen LogP contribution in [0.4, 0.5) is 0 Å². The highest BCUT2D eigenvalue weighted by atomic mass is 15.3. The summed E-state index contributed by atoms with van der Waals surface area (Å²) in [7, 11) is 0. The van der Waals surface area contributed by atoms with Gasteiger partial charge in [-0.15, -0.1) is 0 Å². The molecule has 1 N–H and O–H groups in total. The Bertz CT molecular complexity index is 391. The molecule has 1 saturated heterocycles. The Kier molecular flexibility index (Phi) is 6.71. The van der Waals surface area contributed by atoms with Crippen LogP contribution in [0.15, 0.2) is 12.3 Å². The molecule has 1 aromatic heterocycles. The summed E-state index contributed by atoms with van der Waals surface area (Å²) in [5, 5.41) is 8.26. The number of aromatic nitrogens is 2. The second-order valence-corrected chi connectivity index (χ2v) is 6.50. The summed E-state index contributed by atoms with van der Waals surface area (Å²) < 4.78 is 2.13. The lowest BCUT2D eigenvalue weighted by Gasteiger charge is -2.20. The van der Waals surface area contributed by atoms with Crippen molar-refractivity contribution in [2.45, 2.75) is 59.0 Å². The maximum atomic E-state index is 4.70. The molecule has 1 aliphatic heterocycles. The summed E-state index contributed by atoms with van der Waals surface area (Å²) >= 11 is 0. The molecule has 4 heteroatoms. The van der Waals surface area contributed by atoms with Crippen molar-refractivity contribution in [3.63, 3.8) is 0 Å². The minimum Gasteiger partial charge on any atom is -0.311 e. The van der Waals surface area contributed by atoms with Crippen LogP contribution < -0.4 is 5.32 Å². The molecule has 2 heterocycles. The van der Waals surface area contributed by atoms with E-state index < -0.39 is 0 Å². The third kappa shape index (κ3) is 5.11. The highest BCUT2D eigenvalue weighted by Gasteiger charge is 2.14. The first-order valence-corrected chi connectivity index (χ1v) is 8.70. The van der Waals surface area contributed by atoms with Gasteiger partial charge in [0.15, 0.2) is 0 Å². The van der Waals surface area contributed by atoms with Crippen molar-refractivity contribution in [3.05, 3.63) is 18.0 Å². The Labute approximate surface area is 129 Å². The molecule has 0 aromatic carbocycles. The largest absolute Gasteiger partial charge is 0.311 e. The molecule has 0 aliphatic carbocycles. The van der Waals surface area contributed by atoms with Crippen molar-refractivity contribution < 1.29 is 0 Å². The van der Waals surface area contributed by atoms with Crippen LogP contribution in [0, 0.1) is 5.92 Å². The van der Waals surface area contributed by atoms with E-state index in [0.717, 1.165) is 31.6 Å². The molecule has 0 saturated carbocycles. The van der Waals surface area contributed by atoms with Gasteiger partial charge in [-0.3, -0.25) is 4.68 Å². The van der Waals surface area contributed by atoms with E-state index in [1.165, 1.54) is 32.5 Å². The second kappa shape index (κ2) is 8.54. The first-order chi connectivity index (χ1) is 10.2. The summed E-state index contributed by atoms with van der Waals surface area (Å²) in [6.45, 7) is 12.6. The Morgan fingerprint density at radius 2 is 1.95 bits per heavy atom. The van der Waals surface area contributed by atoms with Crippen LogP contribution in [0.25, 0.3) is 0 Å². The molecule has 0 amide bonds. The Morgan fingerprint density at radius 3 is 2.62 bits per heavy atom. The molecule has 0 spiro atoms. The van der Waals surface area contributed by atoms with E-state index in [0.29, 0.717) is 12.0 Å². The number of hydrogen-bond acceptors (Lipinski definition) is 3. The normalized spacial score (nSPS) is 17.7. The Balaban J connectivity index is 1.68. The topological polar surface area (TPSA) is 33.1 Å². The summed E-state index contributed by atoms with van der Waals surface area (Å²) in [6, 6.07) is 2.70. The van der Waals surface area contributed by atoms with Gasteiger partial charge in [-0.1, -0.05) is 20.8 Å². The lowest BCUT2D eigenvalue weighted by molar-refractivity contribution is 0.282. The highest BCUT2D eigenvalue weighted by Crippen LogP contribution is 2.14. The number of likely N-dealkylation sites (tertiary alicyclic amines) is 1. The van der Waals surface area contributed by atoms with Gasteiger partial charge in [0.05, 0.1) is 11.7 Å². The zero-order chi connectivity index (χ0) is 15.1. The molecule has 120 valence electrons. The van der Waals surface area contributed by atoms with E-state index in [-0.39, 0.29) is 0 Å². The Morgan fingerprint density at radius 1 is 1.24 bits per heavy atom. The molecule has 1 atom stereocenters. The molecule has 1 aliphatic rings. The monoisotopic (exact) mass is 292 g/mol. The second-order valence-electron chi connectivity index (χ2n) is 6.50. The summed E-state index contributed by atoms with van der Waals surface area (Å²) in [6.07, 6.45) is 7.19. The summed E-state index contributed by atoms with van der Waals surface area (Å²) in [4.78, 5) is 2.59. The van der Waals surface area contributed by atoms with Crippen molar-refractivity contribution in [3.8, 4) is 0 Å². The molecule has 1 unspecified atom stereocenters. The van der Waals surface area contributed by atoms with Crippen molar-refractivity contribution >= 4 is 0 Å². The van der Waals surface area contributed by atoms with Crippen LogP contribution in [0.1, 0.15) is 58.2 Å². The van der Waals surface area contributed by atoms with E-state index in [4.69, 9.17) is 5.10 Å². The van der Waals surface area contributed by atoms with Crippen molar-refractivity contribution in [2.75, 3.05) is 26.2 Å². The maximum Gasteiger partial charge on any atom is 0.0762 e. The van der Waals surface area contributed by atoms with Crippen LogP contribution >= 0.6 is 0 Å². The van der Waals surface area contributed by atoms with Crippen molar-refractivity contribution in [1.29, 1.82) is 0 Å². The van der Waals surface area contributed by atoms with Crippen LogP contribution in [0.3, 0.4) is 0 Å². The lowest BCUT2D eigenvalue weighted by Crippen LogP contribution is -2.31. The predicted octanol–water partition coefficient (Wildman–Crippen LogP) is 3.07. The molecule has 4 nitrogen and oxygen atoms in total. The quantitative estimate of drug-likeness (QED) is 0.759. The van der Waals surface area contributed by atoms with E-state index >= 15 is 0 Å². The van der Waals surface area contributed by atoms with Crippen molar-refractivity contribution in [1.82, 2.24) is 20.0 Å². The predicted molar refractivity (Wildman–Crippen MR) is 88.4 cm³/mol. The molecule has 0 bridgehead atoms. The fraction of sp³-hybridized carbons (Fsp3) is 0.824. The average molecular weight is 292 g/mol. The lowest BCUT2D eigenvalue weighted by atomic mass is 10.1. The van der Waals surface area contributed by atoms with E-state index in [1.807, 2.05) is 0 Å². The molecule has 0 radical (unpaired) electrons. The fourth-order valence-corrected chi connectivity index (χ4v) is 3.25. The van der Waals surface area contributed by atoms with Gasteiger partial charge in [0, 0.05) is 19.3 Å². The summed E-state index contributed by atoms with van der Waals surface area (Å²) in [5.41, 5.74) is 1.16. The van der Waals surface area contributed by atoms with E-state index in [9.17, 15) is 0 Å². The number of nitrogens with zero attached hydrogens (tertiary/aromatic N) is 3. The minimum absolute atomic E-state index is 0.549. The molecule has 1 fully saturated rings. The highest BCUT2D eigenvalue weighted by molar-refractivity contribution is 4.99. The zero-order valence-electron chi connectivity index (χ0n) is 14.0. The van der Waals surface area contributed by atoms with Crippen LogP contribution in [0.2, 0.25) is 0 Å². The third-order valence-electron chi connectivity index (χ3n) is 4.55. The first-order valence-electron chi connectivity index (χ1n) is 8.70. The number of hydrogen-bond donors (Lipinski definition) is 1. The first kappa shape index (κ1) is 16.5. The van der Waals surface area contributed by atoms with Crippen molar-refractivity contribution in [2.24, 2.45) is 5.92 Å². The van der Waals surface area contributed by atoms with Crippen LogP contribution in [-0.4, -0.2) is 40.9 Å².